The van der Waals surface area contributed by atoms with E-state index in [2.05, 4.69) is 36.6 Å². The number of nitrogens with zero attached hydrogens (tertiary/aromatic N) is 2. The number of hydrogen-bond donors (Lipinski definition) is 2. The standard InChI is InChI=1S/C7H16N4S/c1-5-6(9-11-10-8)12-7(2,3)4/h5H,1-4H3,(H2,8,11)(H,9,10)/b6-5+. The molecule has 0 heterocycles. The smallest absolute Gasteiger partial charge is 0.0871 e. The summed E-state index contributed by atoms with van der Waals surface area (Å²) in [6.45, 7) is 8.32. The van der Waals surface area contributed by atoms with Gasteiger partial charge >= 0.3 is 0 Å². The summed E-state index contributed by atoms with van der Waals surface area (Å²) in [4.78, 5) is 0. The van der Waals surface area contributed by atoms with Crippen molar-refractivity contribution in [1.82, 2.24) is 5.43 Å². The Morgan fingerprint density at radius 3 is 2.42 bits per heavy atom. The molecule has 0 aliphatic carbocycles. The molecule has 0 aromatic carbocycles. The highest BCUT2D eigenvalue weighted by Crippen LogP contribution is 2.28. The fraction of sp³-hybridized carbons (Fsp3) is 0.714. The summed E-state index contributed by atoms with van der Waals surface area (Å²) in [5.41, 5.74) is 2.73. The van der Waals surface area contributed by atoms with Crippen LogP contribution in [0.5, 0.6) is 0 Å². The predicted octanol–water partition coefficient (Wildman–Crippen LogP) is 2.21. The van der Waals surface area contributed by atoms with Crippen LogP contribution in [0.15, 0.2) is 21.6 Å². The van der Waals surface area contributed by atoms with Gasteiger partial charge in [0.2, 0.25) is 0 Å². The highest BCUT2D eigenvalue weighted by molar-refractivity contribution is 8.04. The van der Waals surface area contributed by atoms with Crippen LogP contribution in [-0.4, -0.2) is 4.75 Å². The maximum absolute atomic E-state index is 4.85. The van der Waals surface area contributed by atoms with Crippen LogP contribution in [0.25, 0.3) is 0 Å². The number of allylic oxidation sites excluding steroid dienone is 1. The van der Waals surface area contributed by atoms with Crippen molar-refractivity contribution in [2.45, 2.75) is 32.4 Å². The van der Waals surface area contributed by atoms with Crippen molar-refractivity contribution in [2.75, 3.05) is 0 Å². The topological polar surface area (TPSA) is 62.8 Å². The van der Waals surface area contributed by atoms with Crippen LogP contribution < -0.4 is 11.3 Å². The van der Waals surface area contributed by atoms with E-state index in [1.165, 1.54) is 0 Å². The van der Waals surface area contributed by atoms with Gasteiger partial charge in [-0.05, 0) is 6.92 Å². The molecule has 70 valence electrons. The molecule has 3 N–H and O–H groups in total. The summed E-state index contributed by atoms with van der Waals surface area (Å²) in [5, 5.41) is 7.56. The lowest BCUT2D eigenvalue weighted by Gasteiger charge is -2.18. The van der Waals surface area contributed by atoms with Crippen LogP contribution in [0.1, 0.15) is 27.7 Å². The Morgan fingerprint density at radius 2 is 2.08 bits per heavy atom. The van der Waals surface area contributed by atoms with Crippen molar-refractivity contribution in [3.8, 4) is 0 Å². The SMILES string of the molecule is C/C=C(\N/N=N\N)SC(C)(C)C. The molecule has 5 heteroatoms. The van der Waals surface area contributed by atoms with Crippen LogP contribution in [0.3, 0.4) is 0 Å². The molecule has 0 saturated carbocycles. The van der Waals surface area contributed by atoms with Crippen molar-refractivity contribution in [2.24, 2.45) is 16.3 Å². The Labute approximate surface area is 77.6 Å². The lowest BCUT2D eigenvalue weighted by molar-refractivity contribution is 0.784. The quantitative estimate of drug-likeness (QED) is 0.405. The van der Waals surface area contributed by atoms with E-state index in [1.807, 2.05) is 13.0 Å². The van der Waals surface area contributed by atoms with Gasteiger partial charge in [0.05, 0.1) is 5.03 Å². The largest absolute Gasteiger partial charge is 0.303 e. The highest BCUT2D eigenvalue weighted by Gasteiger charge is 2.12. The molecule has 0 spiro atoms. The highest BCUT2D eigenvalue weighted by atomic mass is 32.2. The van der Waals surface area contributed by atoms with Gasteiger partial charge in [-0.1, -0.05) is 37.3 Å². The van der Waals surface area contributed by atoms with Gasteiger partial charge in [-0.25, -0.2) is 0 Å². The van der Waals surface area contributed by atoms with E-state index < -0.39 is 0 Å². The van der Waals surface area contributed by atoms with Crippen molar-refractivity contribution in [1.29, 1.82) is 0 Å². The van der Waals surface area contributed by atoms with Crippen LogP contribution in [0.2, 0.25) is 0 Å². The summed E-state index contributed by atoms with van der Waals surface area (Å²) in [5.74, 6) is 4.85. The predicted molar refractivity (Wildman–Crippen MR) is 53.3 cm³/mol. The second-order valence-corrected chi connectivity index (χ2v) is 5.06. The van der Waals surface area contributed by atoms with E-state index in [0.29, 0.717) is 0 Å². The summed E-state index contributed by atoms with van der Waals surface area (Å²) < 4.78 is 0.166. The lowest BCUT2D eigenvalue weighted by Crippen LogP contribution is -2.12. The van der Waals surface area contributed by atoms with Crippen molar-refractivity contribution in [3.05, 3.63) is 11.1 Å². The Balaban J connectivity index is 4.03. The monoisotopic (exact) mass is 188 g/mol. The molecule has 0 aromatic rings. The van der Waals surface area contributed by atoms with E-state index in [4.69, 9.17) is 5.84 Å². The molecule has 0 aliphatic heterocycles. The van der Waals surface area contributed by atoms with Gasteiger partial charge in [0, 0.05) is 4.75 Å². The molecule has 12 heavy (non-hydrogen) atoms. The Kier molecular flexibility index (Phi) is 4.73. The van der Waals surface area contributed by atoms with E-state index in [1.54, 1.807) is 11.8 Å². The number of nitrogens with one attached hydrogen (secondary N) is 1. The third-order valence-corrected chi connectivity index (χ3v) is 2.06. The number of nitrogens with two attached hydrogens (primary N) is 1. The summed E-state index contributed by atoms with van der Waals surface area (Å²) in [6, 6.07) is 0. The van der Waals surface area contributed by atoms with E-state index in [-0.39, 0.29) is 4.75 Å². The number of hydrogen-bond acceptors (Lipinski definition) is 3. The zero-order valence-corrected chi connectivity index (χ0v) is 8.77. The zero-order chi connectivity index (χ0) is 9.61. The average molecular weight is 188 g/mol. The van der Waals surface area contributed by atoms with Crippen molar-refractivity contribution in [3.63, 3.8) is 0 Å². The molecule has 0 atom stereocenters. The lowest BCUT2D eigenvalue weighted by atomic mass is 10.3. The van der Waals surface area contributed by atoms with Crippen molar-refractivity contribution < 1.29 is 0 Å². The fourth-order valence-corrected chi connectivity index (χ4v) is 1.42. The summed E-state index contributed by atoms with van der Waals surface area (Å²) >= 11 is 1.68. The molecule has 0 radical (unpaired) electrons. The molecule has 0 aromatic heterocycles. The van der Waals surface area contributed by atoms with Crippen molar-refractivity contribution >= 4 is 11.8 Å². The minimum absolute atomic E-state index is 0.166. The Morgan fingerprint density at radius 1 is 1.50 bits per heavy atom. The maximum Gasteiger partial charge on any atom is 0.0871 e. The third kappa shape index (κ3) is 6.03. The molecule has 0 unspecified atom stereocenters. The van der Waals surface area contributed by atoms with Crippen LogP contribution >= 0.6 is 11.8 Å². The van der Waals surface area contributed by atoms with Gasteiger partial charge in [0.1, 0.15) is 0 Å². The van der Waals surface area contributed by atoms with Crippen LogP contribution in [-0.2, 0) is 0 Å². The second-order valence-electron chi connectivity index (χ2n) is 3.19. The molecule has 4 nitrogen and oxygen atoms in total. The molecule has 0 aliphatic rings. The van der Waals surface area contributed by atoms with Gasteiger partial charge in [-0.2, -0.15) is 0 Å². The van der Waals surface area contributed by atoms with Gasteiger partial charge < -0.3 is 5.84 Å². The number of rotatable bonds is 3. The first-order valence-electron chi connectivity index (χ1n) is 3.71. The molecular formula is C7H16N4S. The molecule has 0 saturated heterocycles. The second kappa shape index (κ2) is 5.03. The van der Waals surface area contributed by atoms with Gasteiger partial charge in [-0.3, -0.25) is 5.43 Å². The average Bonchev–Trinajstić information content (AvgIpc) is 1.95. The molecule has 0 fully saturated rings. The van der Waals surface area contributed by atoms with E-state index >= 15 is 0 Å². The summed E-state index contributed by atoms with van der Waals surface area (Å²) in [6.07, 6.45) is 1.94. The molecule has 0 amide bonds. The maximum atomic E-state index is 4.85. The van der Waals surface area contributed by atoms with E-state index in [0.717, 1.165) is 5.03 Å². The van der Waals surface area contributed by atoms with Crippen LogP contribution in [0, 0.1) is 0 Å². The number of thioether (sulfide) groups is 1. The molecule has 0 rings (SSSR count). The van der Waals surface area contributed by atoms with Gasteiger partial charge in [-0.15, -0.1) is 11.8 Å². The first kappa shape index (κ1) is 11.3. The fourth-order valence-electron chi connectivity index (χ4n) is 0.554. The Hall–Kier alpha value is -0.710. The minimum atomic E-state index is 0.166. The molecule has 0 bridgehead atoms. The first-order chi connectivity index (χ1) is 5.49. The van der Waals surface area contributed by atoms with Gasteiger partial charge in [0.15, 0.2) is 0 Å². The zero-order valence-electron chi connectivity index (χ0n) is 7.96. The summed E-state index contributed by atoms with van der Waals surface area (Å²) in [7, 11) is 0. The Bertz CT molecular complexity index is 180. The van der Waals surface area contributed by atoms with Gasteiger partial charge in [0.25, 0.3) is 0 Å². The minimum Gasteiger partial charge on any atom is -0.303 e. The molecular weight excluding hydrogens is 172 g/mol. The van der Waals surface area contributed by atoms with Crippen LogP contribution in [0.4, 0.5) is 0 Å². The van der Waals surface area contributed by atoms with E-state index in [9.17, 15) is 0 Å². The third-order valence-electron chi connectivity index (χ3n) is 0.896. The first-order valence-corrected chi connectivity index (χ1v) is 4.52. The normalized spacial score (nSPS) is 13.8.